The molecule has 144 valence electrons. The normalized spacial score (nSPS) is 19.7. The summed E-state index contributed by atoms with van der Waals surface area (Å²) in [5.74, 6) is 0. The summed E-state index contributed by atoms with van der Waals surface area (Å²) in [6.45, 7) is 4.92. The molecule has 0 atom stereocenters. The lowest BCUT2D eigenvalue weighted by atomic mass is 9.91. The van der Waals surface area contributed by atoms with Gasteiger partial charge >= 0.3 is 6.09 Å². The van der Waals surface area contributed by atoms with E-state index < -0.39 is 0 Å². The number of hydrogen-bond acceptors (Lipinski definition) is 4. The summed E-state index contributed by atoms with van der Waals surface area (Å²) in [5.41, 5.74) is 2.37. The Bertz CT molecular complexity index is 907. The number of nitrogens with zero attached hydrogens (tertiary/aromatic N) is 4. The number of likely N-dealkylation sites (N-methyl/N-ethyl adjacent to an activating group) is 1. The van der Waals surface area contributed by atoms with Crippen molar-refractivity contribution in [2.75, 3.05) is 26.7 Å². The van der Waals surface area contributed by atoms with Gasteiger partial charge in [0, 0.05) is 52.3 Å². The Morgan fingerprint density at radius 3 is 2.33 bits per heavy atom. The number of amides is 1. The molecule has 7 heteroatoms. The molecule has 1 aromatic carbocycles. The Kier molecular flexibility index (Phi) is 4.34. The van der Waals surface area contributed by atoms with Gasteiger partial charge in [-0.25, -0.2) is 9.48 Å². The first-order valence-corrected chi connectivity index (χ1v) is 9.40. The molecule has 7 nitrogen and oxygen atoms in total. The fourth-order valence-electron chi connectivity index (χ4n) is 4.20. The van der Waals surface area contributed by atoms with Crippen LogP contribution in [0.3, 0.4) is 0 Å². The second-order valence-corrected chi connectivity index (χ2v) is 7.72. The Morgan fingerprint density at radius 1 is 1.07 bits per heavy atom. The van der Waals surface area contributed by atoms with Gasteiger partial charge in [0.1, 0.15) is 5.60 Å². The zero-order valence-electron chi connectivity index (χ0n) is 16.1. The van der Waals surface area contributed by atoms with Crippen LogP contribution in [0.4, 0.5) is 4.79 Å². The topological polar surface area (TPSA) is 59.7 Å². The molecule has 2 saturated heterocycles. The van der Waals surface area contributed by atoms with E-state index in [0.29, 0.717) is 13.1 Å². The second kappa shape index (κ2) is 6.56. The molecule has 2 aromatic rings. The number of carbonyl (C=O) groups excluding carboxylic acids is 1. The van der Waals surface area contributed by atoms with Crippen molar-refractivity contribution in [3.8, 4) is 5.69 Å². The predicted octanol–water partition coefficient (Wildman–Crippen LogP) is 1.90. The number of likely N-dealkylation sites (tertiary alicyclic amines) is 1. The minimum absolute atomic E-state index is 0.0357. The Labute approximate surface area is 158 Å². The summed E-state index contributed by atoms with van der Waals surface area (Å²) in [6.07, 6.45) is 1.39. The molecule has 0 unspecified atom stereocenters. The number of rotatable bonds is 3. The molecule has 27 heavy (non-hydrogen) atoms. The third-order valence-electron chi connectivity index (χ3n) is 5.96. The molecular weight excluding hydrogens is 344 g/mol. The van der Waals surface area contributed by atoms with E-state index in [1.807, 2.05) is 49.0 Å². The van der Waals surface area contributed by atoms with Crippen LogP contribution in [0.1, 0.15) is 24.1 Å². The molecule has 0 aliphatic carbocycles. The zero-order chi connectivity index (χ0) is 19.2. The number of carbonyl (C=O) groups is 1. The van der Waals surface area contributed by atoms with Gasteiger partial charge in [0.05, 0.1) is 17.8 Å². The van der Waals surface area contributed by atoms with E-state index in [2.05, 4.69) is 4.90 Å². The number of benzene rings is 1. The third-order valence-corrected chi connectivity index (χ3v) is 5.96. The molecule has 1 aromatic heterocycles. The van der Waals surface area contributed by atoms with E-state index >= 15 is 0 Å². The zero-order valence-corrected chi connectivity index (χ0v) is 16.1. The summed E-state index contributed by atoms with van der Waals surface area (Å²) < 4.78 is 9.27. The van der Waals surface area contributed by atoms with Crippen LogP contribution < -0.4 is 5.56 Å². The first-order chi connectivity index (χ1) is 12.9. The Hall–Kier alpha value is -2.54. The largest absolute Gasteiger partial charge is 0.441 e. The van der Waals surface area contributed by atoms with Crippen LogP contribution in [0.2, 0.25) is 0 Å². The van der Waals surface area contributed by atoms with Crippen molar-refractivity contribution in [2.45, 2.75) is 31.9 Å². The second-order valence-electron chi connectivity index (χ2n) is 7.72. The minimum atomic E-state index is -0.349. The van der Waals surface area contributed by atoms with Gasteiger partial charge in [0.25, 0.3) is 5.56 Å². The molecule has 3 heterocycles. The van der Waals surface area contributed by atoms with Crippen molar-refractivity contribution in [3.05, 3.63) is 51.9 Å². The van der Waals surface area contributed by atoms with Gasteiger partial charge in [-0.15, -0.1) is 0 Å². The number of piperidine rings is 1. The fraction of sp³-hybridized carbons (Fsp3) is 0.500. The van der Waals surface area contributed by atoms with Crippen LogP contribution in [0, 0.1) is 6.92 Å². The van der Waals surface area contributed by atoms with Crippen molar-refractivity contribution in [1.29, 1.82) is 0 Å². The molecule has 0 radical (unpaired) electrons. The van der Waals surface area contributed by atoms with Crippen molar-refractivity contribution < 1.29 is 9.53 Å². The maximum Gasteiger partial charge on any atom is 0.410 e. The van der Waals surface area contributed by atoms with Gasteiger partial charge in [0.15, 0.2) is 0 Å². The average Bonchev–Trinajstić information content (AvgIpc) is 3.05. The van der Waals surface area contributed by atoms with Crippen LogP contribution in [-0.4, -0.2) is 57.5 Å². The van der Waals surface area contributed by atoms with E-state index in [4.69, 9.17) is 4.74 Å². The van der Waals surface area contributed by atoms with E-state index in [9.17, 15) is 9.59 Å². The van der Waals surface area contributed by atoms with Crippen LogP contribution >= 0.6 is 0 Å². The first kappa shape index (κ1) is 17.9. The standard InChI is InChI=1S/C20H26N4O3/c1-15-17(18(25)24(22(15)3)16-7-5-4-6-8-16)13-23-11-9-20(10-12-23)14-21(2)19(26)27-20/h4-8H,9-14H2,1-3H3. The van der Waals surface area contributed by atoms with Gasteiger partial charge in [0.2, 0.25) is 0 Å². The van der Waals surface area contributed by atoms with Crippen LogP contribution in [0.15, 0.2) is 35.1 Å². The summed E-state index contributed by atoms with van der Waals surface area (Å²) in [7, 11) is 3.70. The summed E-state index contributed by atoms with van der Waals surface area (Å²) in [4.78, 5) is 28.7. The SMILES string of the molecule is Cc1c(CN2CCC3(CC2)CN(C)C(=O)O3)c(=O)n(-c2ccccc2)n1C. The maximum absolute atomic E-state index is 13.1. The third kappa shape index (κ3) is 3.06. The minimum Gasteiger partial charge on any atom is -0.441 e. The molecule has 0 bridgehead atoms. The highest BCUT2D eigenvalue weighted by Crippen LogP contribution is 2.33. The molecule has 0 N–H and O–H groups in total. The summed E-state index contributed by atoms with van der Waals surface area (Å²) >= 11 is 0. The highest BCUT2D eigenvalue weighted by molar-refractivity contribution is 5.70. The lowest BCUT2D eigenvalue weighted by Crippen LogP contribution is -2.46. The predicted molar refractivity (Wildman–Crippen MR) is 102 cm³/mol. The highest BCUT2D eigenvalue weighted by atomic mass is 16.6. The molecule has 1 spiro atoms. The maximum atomic E-state index is 13.1. The van der Waals surface area contributed by atoms with Crippen LogP contribution in [-0.2, 0) is 18.3 Å². The molecule has 4 rings (SSSR count). The quantitative estimate of drug-likeness (QED) is 0.828. The van der Waals surface area contributed by atoms with E-state index in [1.165, 1.54) is 0 Å². The first-order valence-electron chi connectivity index (χ1n) is 9.40. The molecular formula is C20H26N4O3. The smallest absolute Gasteiger partial charge is 0.410 e. The van der Waals surface area contributed by atoms with E-state index in [1.54, 1.807) is 16.6 Å². The van der Waals surface area contributed by atoms with Crippen molar-refractivity contribution in [2.24, 2.45) is 7.05 Å². The number of para-hydroxylation sites is 1. The Balaban J connectivity index is 1.52. The Morgan fingerprint density at radius 2 is 1.74 bits per heavy atom. The lowest BCUT2D eigenvalue weighted by Gasteiger charge is -2.37. The van der Waals surface area contributed by atoms with Crippen LogP contribution in [0.25, 0.3) is 5.69 Å². The van der Waals surface area contributed by atoms with Gasteiger partial charge in [-0.2, -0.15) is 0 Å². The van der Waals surface area contributed by atoms with Gasteiger partial charge in [-0.3, -0.25) is 14.4 Å². The monoisotopic (exact) mass is 370 g/mol. The molecule has 2 aliphatic heterocycles. The van der Waals surface area contributed by atoms with Crippen molar-refractivity contribution in [1.82, 2.24) is 19.2 Å². The van der Waals surface area contributed by atoms with Crippen molar-refractivity contribution in [3.63, 3.8) is 0 Å². The highest BCUT2D eigenvalue weighted by Gasteiger charge is 2.45. The lowest BCUT2D eigenvalue weighted by molar-refractivity contribution is -0.00129. The summed E-state index contributed by atoms with van der Waals surface area (Å²) in [6, 6.07) is 9.71. The fourth-order valence-corrected chi connectivity index (χ4v) is 4.20. The van der Waals surface area contributed by atoms with Gasteiger partial charge < -0.3 is 9.64 Å². The molecule has 2 aliphatic rings. The molecule has 0 saturated carbocycles. The number of hydrogen-bond donors (Lipinski definition) is 0. The van der Waals surface area contributed by atoms with Crippen molar-refractivity contribution >= 4 is 6.09 Å². The van der Waals surface area contributed by atoms with Gasteiger partial charge in [-0.05, 0) is 19.1 Å². The average molecular weight is 370 g/mol. The van der Waals surface area contributed by atoms with Gasteiger partial charge in [-0.1, -0.05) is 18.2 Å². The summed E-state index contributed by atoms with van der Waals surface area (Å²) in [5, 5.41) is 0. The molecule has 2 fully saturated rings. The van der Waals surface area contributed by atoms with E-state index in [0.717, 1.165) is 42.9 Å². The molecule has 1 amide bonds. The number of aromatic nitrogens is 2. The van der Waals surface area contributed by atoms with Crippen LogP contribution in [0.5, 0.6) is 0 Å². The van der Waals surface area contributed by atoms with E-state index in [-0.39, 0.29) is 17.3 Å². The number of ether oxygens (including phenoxy) is 1.